The van der Waals surface area contributed by atoms with Gasteiger partial charge >= 0.3 is 0 Å². The second-order valence-electron chi connectivity index (χ2n) is 3.75. The summed E-state index contributed by atoms with van der Waals surface area (Å²) in [4.78, 5) is 0. The first-order valence-electron chi connectivity index (χ1n) is 4.62. The summed E-state index contributed by atoms with van der Waals surface area (Å²) in [7, 11) is 0. The Morgan fingerprint density at radius 2 is 1.60 bits per heavy atom. The van der Waals surface area contributed by atoms with Crippen molar-refractivity contribution in [3.8, 4) is 0 Å². The minimum atomic E-state index is 0.757. The van der Waals surface area contributed by atoms with E-state index in [4.69, 9.17) is 0 Å². The molecular weight excluding hydrogens is 122 g/mol. The van der Waals surface area contributed by atoms with Crippen LogP contribution in [-0.2, 0) is 0 Å². The van der Waals surface area contributed by atoms with Crippen molar-refractivity contribution in [2.75, 3.05) is 6.54 Å². The van der Waals surface area contributed by atoms with Crippen LogP contribution < -0.4 is 5.32 Å². The van der Waals surface area contributed by atoms with Crippen LogP contribution in [0.4, 0.5) is 0 Å². The molecule has 1 heteroatoms. The fourth-order valence-electron chi connectivity index (χ4n) is 2.24. The van der Waals surface area contributed by atoms with Gasteiger partial charge in [0.2, 0.25) is 0 Å². The van der Waals surface area contributed by atoms with E-state index in [1.807, 2.05) is 0 Å². The zero-order valence-electron chi connectivity index (χ0n) is 6.55. The van der Waals surface area contributed by atoms with Crippen LogP contribution >= 0.6 is 0 Å². The average Bonchev–Trinajstić information content (AvgIpc) is 2.17. The topological polar surface area (TPSA) is 14.1 Å². The first-order chi connectivity index (χ1) is 4.95. The third-order valence-electron chi connectivity index (χ3n) is 2.92. The molecule has 0 unspecified atom stereocenters. The van der Waals surface area contributed by atoms with Crippen molar-refractivity contribution in [1.82, 2.24) is 5.32 Å². The molecule has 0 spiro atoms. The van der Waals surface area contributed by atoms with Crippen LogP contribution in [0.3, 0.4) is 0 Å². The molecule has 2 saturated heterocycles. The molecule has 2 heterocycles. The van der Waals surface area contributed by atoms with E-state index in [0.717, 1.165) is 12.0 Å². The fraction of sp³-hybridized carbons (Fsp3) is 1.00. The van der Waals surface area contributed by atoms with E-state index in [9.17, 15) is 0 Å². The summed E-state index contributed by atoms with van der Waals surface area (Å²) in [5, 5.41) is 4.69. The maximum atomic E-state index is 4.69. The number of rotatable bonds is 0. The molecule has 0 aromatic heterocycles. The Bertz CT molecular complexity index is 89.3. The van der Waals surface area contributed by atoms with Gasteiger partial charge in [0.15, 0.2) is 0 Å². The Morgan fingerprint density at radius 1 is 0.900 bits per heavy atom. The number of nitrogens with zero attached hydrogens (tertiary/aromatic N) is 1. The Balaban J connectivity index is 2.01. The predicted molar refractivity (Wildman–Crippen MR) is 42.0 cm³/mol. The lowest BCUT2D eigenvalue weighted by Gasteiger charge is -2.12. The molecule has 1 radical (unpaired) electrons. The highest BCUT2D eigenvalue weighted by Gasteiger charge is 2.22. The normalized spacial score (nSPS) is 40.8. The van der Waals surface area contributed by atoms with E-state index in [0.29, 0.717) is 0 Å². The third kappa shape index (κ3) is 1.34. The van der Waals surface area contributed by atoms with Gasteiger partial charge in [0.05, 0.1) is 0 Å². The van der Waals surface area contributed by atoms with Gasteiger partial charge in [0.25, 0.3) is 0 Å². The van der Waals surface area contributed by atoms with Crippen LogP contribution in [0, 0.1) is 5.92 Å². The molecule has 0 amide bonds. The van der Waals surface area contributed by atoms with E-state index in [-0.39, 0.29) is 0 Å². The van der Waals surface area contributed by atoms with Gasteiger partial charge in [-0.25, -0.2) is 5.32 Å². The Morgan fingerprint density at radius 3 is 2.30 bits per heavy atom. The lowest BCUT2D eigenvalue weighted by atomic mass is 9.93. The standard InChI is InChI=1S/C9H16N/c1-3-8-4-2-6-9(5-1)10-7-8/h8-9H,1-7H2. The zero-order chi connectivity index (χ0) is 6.81. The van der Waals surface area contributed by atoms with Gasteiger partial charge < -0.3 is 0 Å². The van der Waals surface area contributed by atoms with Crippen LogP contribution in [0.2, 0.25) is 0 Å². The van der Waals surface area contributed by atoms with Crippen LogP contribution in [-0.4, -0.2) is 12.6 Å². The molecule has 2 bridgehead atoms. The molecule has 2 fully saturated rings. The van der Waals surface area contributed by atoms with Gasteiger partial charge in [0.1, 0.15) is 0 Å². The van der Waals surface area contributed by atoms with Crippen molar-refractivity contribution in [2.45, 2.75) is 44.6 Å². The minimum absolute atomic E-state index is 0.757. The summed E-state index contributed by atoms with van der Waals surface area (Å²) in [5.74, 6) is 0.965. The summed E-state index contributed by atoms with van der Waals surface area (Å²) in [5.41, 5.74) is 0. The first-order valence-corrected chi connectivity index (χ1v) is 4.62. The van der Waals surface area contributed by atoms with E-state index < -0.39 is 0 Å². The van der Waals surface area contributed by atoms with Gasteiger partial charge in [0, 0.05) is 12.6 Å². The highest BCUT2D eigenvalue weighted by molar-refractivity contribution is 4.79. The minimum Gasteiger partial charge on any atom is -0.238 e. The number of hydrogen-bond acceptors (Lipinski definition) is 0. The summed E-state index contributed by atoms with van der Waals surface area (Å²) >= 11 is 0. The average molecular weight is 138 g/mol. The summed E-state index contributed by atoms with van der Waals surface area (Å²) in [6, 6.07) is 0.757. The lowest BCUT2D eigenvalue weighted by molar-refractivity contribution is 0.429. The van der Waals surface area contributed by atoms with E-state index in [1.54, 1.807) is 0 Å². The second-order valence-corrected chi connectivity index (χ2v) is 3.75. The zero-order valence-corrected chi connectivity index (χ0v) is 6.55. The van der Waals surface area contributed by atoms with Crippen molar-refractivity contribution in [3.63, 3.8) is 0 Å². The molecule has 57 valence electrons. The third-order valence-corrected chi connectivity index (χ3v) is 2.92. The molecule has 10 heavy (non-hydrogen) atoms. The SMILES string of the molecule is C1CC2CCCC(C1)[N]C2. The smallest absolute Gasteiger partial charge is 0.0246 e. The molecule has 0 aliphatic carbocycles. The van der Waals surface area contributed by atoms with E-state index in [2.05, 4.69) is 5.32 Å². The Kier molecular flexibility index (Phi) is 1.94. The highest BCUT2D eigenvalue weighted by Crippen LogP contribution is 2.26. The largest absolute Gasteiger partial charge is 0.238 e. The van der Waals surface area contributed by atoms with Crippen molar-refractivity contribution in [3.05, 3.63) is 0 Å². The maximum Gasteiger partial charge on any atom is 0.0246 e. The van der Waals surface area contributed by atoms with Gasteiger partial charge in [-0.15, -0.1) is 0 Å². The number of hydrogen-bond donors (Lipinski definition) is 0. The molecule has 2 rings (SSSR count). The molecule has 2 aliphatic heterocycles. The number of fused-ring (bicyclic) bond motifs is 3. The molecule has 0 aromatic carbocycles. The maximum absolute atomic E-state index is 4.69. The molecule has 0 saturated carbocycles. The summed E-state index contributed by atoms with van der Waals surface area (Å²) in [6.45, 7) is 1.19. The first kappa shape index (κ1) is 6.66. The quantitative estimate of drug-likeness (QED) is 0.485. The van der Waals surface area contributed by atoms with Crippen LogP contribution in [0.15, 0.2) is 0 Å². The molecule has 0 aromatic rings. The van der Waals surface area contributed by atoms with Crippen molar-refractivity contribution in [1.29, 1.82) is 0 Å². The molecule has 0 N–H and O–H groups in total. The van der Waals surface area contributed by atoms with Gasteiger partial charge in [-0.1, -0.05) is 12.8 Å². The van der Waals surface area contributed by atoms with E-state index in [1.165, 1.54) is 45.1 Å². The summed E-state index contributed by atoms with van der Waals surface area (Å²) < 4.78 is 0. The monoisotopic (exact) mass is 138 g/mol. The van der Waals surface area contributed by atoms with Gasteiger partial charge in [-0.05, 0) is 31.6 Å². The Labute approximate surface area is 63.2 Å². The highest BCUT2D eigenvalue weighted by atomic mass is 14.9. The molecule has 0 atom stereocenters. The Hall–Kier alpha value is -0.0400. The van der Waals surface area contributed by atoms with Gasteiger partial charge in [-0.3, -0.25) is 0 Å². The van der Waals surface area contributed by atoms with Crippen molar-refractivity contribution < 1.29 is 0 Å². The predicted octanol–water partition coefficient (Wildman–Crippen LogP) is 1.94. The second kappa shape index (κ2) is 2.91. The van der Waals surface area contributed by atoms with Crippen molar-refractivity contribution >= 4 is 0 Å². The van der Waals surface area contributed by atoms with Crippen LogP contribution in [0.5, 0.6) is 0 Å². The van der Waals surface area contributed by atoms with Crippen molar-refractivity contribution in [2.24, 2.45) is 5.92 Å². The fourth-order valence-corrected chi connectivity index (χ4v) is 2.24. The summed E-state index contributed by atoms with van der Waals surface area (Å²) in [6.07, 6.45) is 8.57. The van der Waals surface area contributed by atoms with Crippen LogP contribution in [0.1, 0.15) is 38.5 Å². The lowest BCUT2D eigenvalue weighted by Crippen LogP contribution is -2.20. The molecule has 2 aliphatic rings. The molecule has 1 nitrogen and oxygen atoms in total. The van der Waals surface area contributed by atoms with Gasteiger partial charge in [-0.2, -0.15) is 0 Å². The molecular formula is C9H16N. The van der Waals surface area contributed by atoms with E-state index >= 15 is 0 Å². The van der Waals surface area contributed by atoms with Crippen LogP contribution in [0.25, 0.3) is 0 Å².